The Morgan fingerprint density at radius 2 is 2.15 bits per heavy atom. The van der Waals surface area contributed by atoms with Gasteiger partial charge in [0, 0.05) is 18.6 Å². The highest BCUT2D eigenvalue weighted by Crippen LogP contribution is 2.43. The van der Waals surface area contributed by atoms with Crippen LogP contribution in [0.2, 0.25) is 0 Å². The van der Waals surface area contributed by atoms with E-state index in [2.05, 4.69) is 10.2 Å². The van der Waals surface area contributed by atoms with Crippen molar-refractivity contribution in [2.75, 3.05) is 26.2 Å². The first kappa shape index (κ1) is 11.6. The maximum atomic E-state index is 3.50. The van der Waals surface area contributed by atoms with Gasteiger partial charge in [0.05, 0.1) is 0 Å². The molecule has 3 rings (SSSR count). The smallest absolute Gasteiger partial charge is 0.0349 e. The lowest BCUT2D eigenvalue weighted by Gasteiger charge is -2.35. The van der Waals surface area contributed by atoms with Gasteiger partial charge in [0.25, 0.3) is 0 Å². The maximum absolute atomic E-state index is 3.50. The number of hydrogen-bond acceptors (Lipinski definition) is 2. The number of nitrogens with one attached hydrogen (secondary N) is 1. The Bertz CT molecular complexity index is 180. The van der Waals surface area contributed by atoms with E-state index < -0.39 is 0 Å². The zero-order valence-electron chi connectivity index (χ0n) is 7.79. The van der Waals surface area contributed by atoms with E-state index in [1.807, 2.05) is 0 Å². The molecule has 2 nitrogen and oxygen atoms in total. The van der Waals surface area contributed by atoms with Crippen LogP contribution in [0.3, 0.4) is 0 Å². The molecule has 3 heterocycles. The van der Waals surface area contributed by atoms with Crippen LogP contribution in [0.25, 0.3) is 0 Å². The number of nitrogens with zero attached hydrogens (tertiary/aromatic N) is 1. The molecular weight excluding hydrogens is 207 g/mol. The fourth-order valence-electron chi connectivity index (χ4n) is 3.27. The molecule has 0 radical (unpaired) electrons. The molecule has 3 atom stereocenters. The van der Waals surface area contributed by atoms with Crippen LogP contribution in [0.4, 0.5) is 0 Å². The number of halogens is 2. The van der Waals surface area contributed by atoms with Crippen LogP contribution in [0.1, 0.15) is 19.3 Å². The van der Waals surface area contributed by atoms with Gasteiger partial charge in [-0.05, 0) is 38.3 Å². The summed E-state index contributed by atoms with van der Waals surface area (Å²) in [5.74, 6) is 1.05. The van der Waals surface area contributed by atoms with Crippen molar-refractivity contribution in [2.24, 2.45) is 5.92 Å². The molecule has 0 aromatic rings. The number of piperidine rings is 1. The van der Waals surface area contributed by atoms with Gasteiger partial charge in [-0.2, -0.15) is 0 Å². The summed E-state index contributed by atoms with van der Waals surface area (Å²) in [5, 5.41) is 3.50. The second-order valence-corrected chi connectivity index (χ2v) is 4.46. The first-order chi connectivity index (χ1) is 5.39. The van der Waals surface area contributed by atoms with Crippen molar-refractivity contribution in [3.63, 3.8) is 0 Å². The van der Waals surface area contributed by atoms with E-state index in [0.29, 0.717) is 5.54 Å². The fraction of sp³-hybridized carbons (Fsp3) is 1.00. The zero-order chi connectivity index (χ0) is 7.31. The third-order valence-electron chi connectivity index (χ3n) is 3.85. The van der Waals surface area contributed by atoms with Crippen molar-refractivity contribution >= 4 is 24.8 Å². The molecule has 4 heteroatoms. The van der Waals surface area contributed by atoms with Gasteiger partial charge in [-0.15, -0.1) is 24.8 Å². The predicted molar refractivity (Wildman–Crippen MR) is 59.0 cm³/mol. The minimum absolute atomic E-state index is 0. The minimum atomic E-state index is 0. The number of fused-ring (bicyclic) bond motifs is 3. The van der Waals surface area contributed by atoms with E-state index in [1.54, 1.807) is 0 Å². The lowest BCUT2D eigenvalue weighted by atomic mass is 9.87. The van der Waals surface area contributed by atoms with Crippen LogP contribution in [0, 0.1) is 5.92 Å². The second kappa shape index (κ2) is 3.93. The fourth-order valence-corrected chi connectivity index (χ4v) is 3.27. The standard InChI is InChI=1S/C9H16N2.2ClH/c1-4-11-6-8(1)5-9(11)2-3-10-7-9;;/h8,10H,1-7H2;2*1H. The van der Waals surface area contributed by atoms with E-state index >= 15 is 0 Å². The summed E-state index contributed by atoms with van der Waals surface area (Å²) in [6.07, 6.45) is 4.37. The summed E-state index contributed by atoms with van der Waals surface area (Å²) in [7, 11) is 0. The molecule has 3 aliphatic rings. The molecule has 78 valence electrons. The predicted octanol–water partition coefficient (Wildman–Crippen LogP) is 1.29. The minimum Gasteiger partial charge on any atom is -0.315 e. The maximum Gasteiger partial charge on any atom is 0.0349 e. The van der Waals surface area contributed by atoms with Crippen LogP contribution in [-0.2, 0) is 0 Å². The first-order valence-electron chi connectivity index (χ1n) is 4.85. The summed E-state index contributed by atoms with van der Waals surface area (Å²) in [5.41, 5.74) is 0.628. The van der Waals surface area contributed by atoms with Gasteiger partial charge < -0.3 is 5.32 Å². The normalized spacial score (nSPS) is 46.2. The Hall–Kier alpha value is 0.500. The summed E-state index contributed by atoms with van der Waals surface area (Å²) in [6, 6.07) is 0. The van der Waals surface area contributed by atoms with E-state index in [4.69, 9.17) is 0 Å². The third-order valence-corrected chi connectivity index (χ3v) is 3.85. The van der Waals surface area contributed by atoms with E-state index in [0.717, 1.165) is 5.92 Å². The molecule has 0 aromatic heterocycles. The Morgan fingerprint density at radius 3 is 2.62 bits per heavy atom. The van der Waals surface area contributed by atoms with Gasteiger partial charge in [-0.1, -0.05) is 0 Å². The van der Waals surface area contributed by atoms with Gasteiger partial charge in [-0.25, -0.2) is 0 Å². The highest BCUT2D eigenvalue weighted by Gasteiger charge is 2.50. The summed E-state index contributed by atoms with van der Waals surface area (Å²) in [6.45, 7) is 5.31. The van der Waals surface area contributed by atoms with Gasteiger partial charge in [-0.3, -0.25) is 4.90 Å². The first-order valence-corrected chi connectivity index (χ1v) is 4.85. The molecule has 1 spiro atoms. The molecule has 13 heavy (non-hydrogen) atoms. The van der Waals surface area contributed by atoms with Crippen LogP contribution in [-0.4, -0.2) is 36.6 Å². The van der Waals surface area contributed by atoms with Crippen LogP contribution < -0.4 is 5.32 Å². The average Bonchev–Trinajstić information content (AvgIpc) is 2.64. The Labute approximate surface area is 92.3 Å². The van der Waals surface area contributed by atoms with Gasteiger partial charge in [0.15, 0.2) is 0 Å². The molecule has 2 bridgehead atoms. The molecule has 3 saturated heterocycles. The van der Waals surface area contributed by atoms with Crippen molar-refractivity contribution in [2.45, 2.75) is 24.8 Å². The summed E-state index contributed by atoms with van der Waals surface area (Å²) >= 11 is 0. The highest BCUT2D eigenvalue weighted by atomic mass is 35.5. The molecule has 3 aliphatic heterocycles. The Balaban J connectivity index is 0.000000422. The molecule has 3 fully saturated rings. The zero-order valence-corrected chi connectivity index (χ0v) is 9.42. The van der Waals surface area contributed by atoms with Gasteiger partial charge >= 0.3 is 0 Å². The summed E-state index contributed by atoms with van der Waals surface area (Å²) < 4.78 is 0. The van der Waals surface area contributed by atoms with Gasteiger partial charge in [0.1, 0.15) is 0 Å². The van der Waals surface area contributed by atoms with Crippen LogP contribution in [0.5, 0.6) is 0 Å². The molecule has 1 N–H and O–H groups in total. The molecule has 0 aliphatic carbocycles. The van der Waals surface area contributed by atoms with Crippen molar-refractivity contribution in [3.8, 4) is 0 Å². The second-order valence-electron chi connectivity index (χ2n) is 4.46. The lowest BCUT2D eigenvalue weighted by Crippen LogP contribution is -2.46. The molecule has 0 aromatic carbocycles. The molecule has 0 amide bonds. The third kappa shape index (κ3) is 1.58. The topological polar surface area (TPSA) is 15.3 Å². The summed E-state index contributed by atoms with van der Waals surface area (Å²) in [4.78, 5) is 2.73. The van der Waals surface area contributed by atoms with Crippen molar-refractivity contribution < 1.29 is 0 Å². The highest BCUT2D eigenvalue weighted by molar-refractivity contribution is 5.85. The van der Waals surface area contributed by atoms with E-state index in [9.17, 15) is 0 Å². The number of hydrogen-bond donors (Lipinski definition) is 1. The molecular formula is C9H18Cl2N2. The average molecular weight is 225 g/mol. The van der Waals surface area contributed by atoms with E-state index in [1.165, 1.54) is 45.4 Å². The SMILES string of the molecule is C1CC2(CN1)CC1CCN2C1.Cl.Cl. The molecule has 0 saturated carbocycles. The monoisotopic (exact) mass is 224 g/mol. The van der Waals surface area contributed by atoms with Crippen molar-refractivity contribution in [3.05, 3.63) is 0 Å². The quantitative estimate of drug-likeness (QED) is 0.668. The largest absolute Gasteiger partial charge is 0.315 e. The Morgan fingerprint density at radius 1 is 1.31 bits per heavy atom. The number of rotatable bonds is 0. The lowest BCUT2D eigenvalue weighted by molar-refractivity contribution is 0.153. The molecule has 3 unspecified atom stereocenters. The van der Waals surface area contributed by atoms with Crippen LogP contribution >= 0.6 is 24.8 Å². The van der Waals surface area contributed by atoms with Gasteiger partial charge in [0.2, 0.25) is 0 Å². The Kier molecular flexibility index (Phi) is 3.50. The van der Waals surface area contributed by atoms with Crippen molar-refractivity contribution in [1.82, 2.24) is 10.2 Å². The van der Waals surface area contributed by atoms with E-state index in [-0.39, 0.29) is 24.8 Å². The van der Waals surface area contributed by atoms with Crippen molar-refractivity contribution in [1.29, 1.82) is 0 Å². The van der Waals surface area contributed by atoms with Crippen LogP contribution in [0.15, 0.2) is 0 Å².